The summed E-state index contributed by atoms with van der Waals surface area (Å²) in [5.74, 6) is 0.308. The quantitative estimate of drug-likeness (QED) is 0.768. The van der Waals surface area contributed by atoms with Crippen LogP contribution in [-0.4, -0.2) is 11.9 Å². The minimum atomic E-state index is -0.627. The van der Waals surface area contributed by atoms with Gasteiger partial charge < -0.3 is 4.74 Å². The van der Waals surface area contributed by atoms with Gasteiger partial charge in [0.2, 0.25) is 5.78 Å². The lowest BCUT2D eigenvalue weighted by Crippen LogP contribution is -2.23. The van der Waals surface area contributed by atoms with E-state index in [-0.39, 0.29) is 5.78 Å². The monoisotopic (exact) mass is 294 g/mol. The summed E-state index contributed by atoms with van der Waals surface area (Å²) in [7, 11) is 0. The van der Waals surface area contributed by atoms with E-state index in [9.17, 15) is 4.79 Å². The smallest absolute Gasteiger partial charge is 0.202 e. The van der Waals surface area contributed by atoms with Gasteiger partial charge in [0.25, 0.3) is 0 Å². The second-order valence-corrected chi connectivity index (χ2v) is 4.91. The van der Waals surface area contributed by atoms with Gasteiger partial charge in [-0.15, -0.1) is 0 Å². The summed E-state index contributed by atoms with van der Waals surface area (Å²) in [6.45, 7) is 1.69. The maximum Gasteiger partial charge on any atom is 0.202 e. The van der Waals surface area contributed by atoms with E-state index < -0.39 is 6.10 Å². The number of benzene rings is 2. The zero-order chi connectivity index (χ0) is 13.8. The van der Waals surface area contributed by atoms with Crippen LogP contribution in [0, 0.1) is 0 Å². The van der Waals surface area contributed by atoms with E-state index in [0.717, 1.165) is 0 Å². The van der Waals surface area contributed by atoms with Crippen molar-refractivity contribution in [2.24, 2.45) is 0 Å². The Balaban J connectivity index is 2.15. The molecule has 2 aromatic rings. The second-order valence-electron chi connectivity index (χ2n) is 4.07. The highest BCUT2D eigenvalue weighted by Crippen LogP contribution is 2.28. The van der Waals surface area contributed by atoms with Crippen molar-refractivity contribution >= 4 is 29.0 Å². The molecule has 0 radical (unpaired) electrons. The Hall–Kier alpha value is -1.51. The molecule has 0 heterocycles. The Morgan fingerprint density at radius 3 is 2.47 bits per heavy atom. The molecule has 19 heavy (non-hydrogen) atoms. The van der Waals surface area contributed by atoms with Crippen LogP contribution in [0.15, 0.2) is 48.5 Å². The van der Waals surface area contributed by atoms with Crippen LogP contribution in [0.25, 0.3) is 0 Å². The molecule has 0 bridgehead atoms. The average molecular weight is 295 g/mol. The highest BCUT2D eigenvalue weighted by molar-refractivity contribution is 6.34. The lowest BCUT2D eigenvalue weighted by Gasteiger charge is -2.15. The number of hydrogen-bond acceptors (Lipinski definition) is 2. The van der Waals surface area contributed by atoms with E-state index in [0.29, 0.717) is 21.4 Å². The Labute approximate surface area is 121 Å². The van der Waals surface area contributed by atoms with Gasteiger partial charge in [-0.25, -0.2) is 0 Å². The van der Waals surface area contributed by atoms with Crippen LogP contribution in [0.1, 0.15) is 17.3 Å². The van der Waals surface area contributed by atoms with E-state index in [1.54, 1.807) is 37.3 Å². The van der Waals surface area contributed by atoms with Crippen LogP contribution in [0.2, 0.25) is 10.0 Å². The predicted molar refractivity (Wildman–Crippen MR) is 77.3 cm³/mol. The zero-order valence-corrected chi connectivity index (χ0v) is 11.8. The third-order valence-electron chi connectivity index (χ3n) is 2.62. The number of carbonyl (C=O) groups is 1. The first-order chi connectivity index (χ1) is 9.08. The van der Waals surface area contributed by atoms with Crippen LogP contribution in [0.5, 0.6) is 5.75 Å². The summed E-state index contributed by atoms with van der Waals surface area (Å²) in [6.07, 6.45) is -0.627. The highest BCUT2D eigenvalue weighted by atomic mass is 35.5. The van der Waals surface area contributed by atoms with Gasteiger partial charge in [0.05, 0.1) is 5.02 Å². The summed E-state index contributed by atoms with van der Waals surface area (Å²) < 4.78 is 5.58. The Morgan fingerprint density at radius 1 is 1.11 bits per heavy atom. The van der Waals surface area contributed by atoms with E-state index in [2.05, 4.69) is 0 Å². The Kier molecular flexibility index (Phi) is 4.46. The van der Waals surface area contributed by atoms with E-state index in [1.807, 2.05) is 18.2 Å². The van der Waals surface area contributed by atoms with Crippen molar-refractivity contribution in [2.45, 2.75) is 13.0 Å². The van der Waals surface area contributed by atoms with Crippen LogP contribution in [0.3, 0.4) is 0 Å². The summed E-state index contributed by atoms with van der Waals surface area (Å²) >= 11 is 11.9. The lowest BCUT2D eigenvalue weighted by atomic mass is 10.1. The number of hydrogen-bond donors (Lipinski definition) is 0. The van der Waals surface area contributed by atoms with Crippen molar-refractivity contribution in [3.8, 4) is 5.75 Å². The molecule has 0 aromatic heterocycles. The fraction of sp³-hybridized carbons (Fsp3) is 0.133. The average Bonchev–Trinajstić information content (AvgIpc) is 2.43. The first-order valence-electron chi connectivity index (χ1n) is 5.79. The fourth-order valence-electron chi connectivity index (χ4n) is 1.65. The van der Waals surface area contributed by atoms with Crippen molar-refractivity contribution in [1.82, 2.24) is 0 Å². The second kappa shape index (κ2) is 6.09. The van der Waals surface area contributed by atoms with E-state index in [4.69, 9.17) is 27.9 Å². The number of halogens is 2. The maximum atomic E-state index is 12.1. The van der Waals surface area contributed by atoms with Gasteiger partial charge >= 0.3 is 0 Å². The largest absolute Gasteiger partial charge is 0.481 e. The molecule has 4 heteroatoms. The molecule has 1 unspecified atom stereocenters. The molecule has 0 aliphatic rings. The summed E-state index contributed by atoms with van der Waals surface area (Å²) in [5.41, 5.74) is 0.605. The van der Waals surface area contributed by atoms with Crippen LogP contribution in [-0.2, 0) is 0 Å². The standard InChI is InChI=1S/C15H12Cl2O2/c1-10(15(18)11-5-3-2-4-6-11)19-14-9-12(16)7-8-13(14)17/h2-10H,1H3. The molecule has 2 rings (SSSR count). The minimum Gasteiger partial charge on any atom is -0.481 e. The van der Waals surface area contributed by atoms with Gasteiger partial charge in [-0.05, 0) is 19.1 Å². The van der Waals surface area contributed by atoms with Gasteiger partial charge in [0.15, 0.2) is 6.10 Å². The third-order valence-corrected chi connectivity index (χ3v) is 3.17. The lowest BCUT2D eigenvalue weighted by molar-refractivity contribution is 0.0818. The molecule has 0 saturated heterocycles. The number of rotatable bonds is 4. The van der Waals surface area contributed by atoms with Gasteiger partial charge in [-0.2, -0.15) is 0 Å². The number of carbonyl (C=O) groups excluding carboxylic acids is 1. The molecule has 1 atom stereocenters. The molecule has 0 aliphatic carbocycles. The summed E-state index contributed by atoms with van der Waals surface area (Å²) in [4.78, 5) is 12.1. The van der Waals surface area contributed by atoms with Gasteiger partial charge in [-0.1, -0.05) is 53.5 Å². The van der Waals surface area contributed by atoms with Crippen molar-refractivity contribution in [3.63, 3.8) is 0 Å². The fourth-order valence-corrected chi connectivity index (χ4v) is 1.97. The number of ketones is 1. The zero-order valence-electron chi connectivity index (χ0n) is 10.3. The topological polar surface area (TPSA) is 26.3 Å². The van der Waals surface area contributed by atoms with E-state index >= 15 is 0 Å². The molecule has 0 N–H and O–H groups in total. The first kappa shape index (κ1) is 13.9. The normalized spacial score (nSPS) is 11.9. The molecule has 0 spiro atoms. The van der Waals surface area contributed by atoms with Crippen LogP contribution >= 0.6 is 23.2 Å². The van der Waals surface area contributed by atoms with Crippen molar-refractivity contribution in [2.75, 3.05) is 0 Å². The third kappa shape index (κ3) is 3.49. The summed E-state index contributed by atoms with van der Waals surface area (Å²) in [5, 5.41) is 0.941. The van der Waals surface area contributed by atoms with Crippen molar-refractivity contribution < 1.29 is 9.53 Å². The van der Waals surface area contributed by atoms with Crippen LogP contribution < -0.4 is 4.74 Å². The van der Waals surface area contributed by atoms with Gasteiger partial charge in [0.1, 0.15) is 5.75 Å². The number of Topliss-reactive ketones (excluding diaryl/α,β-unsaturated/α-hetero) is 1. The molecule has 0 saturated carbocycles. The predicted octanol–water partition coefficient (Wildman–Crippen LogP) is 4.64. The van der Waals surface area contributed by atoms with E-state index in [1.165, 1.54) is 0 Å². The Morgan fingerprint density at radius 2 is 1.79 bits per heavy atom. The van der Waals surface area contributed by atoms with Crippen LogP contribution in [0.4, 0.5) is 0 Å². The Bertz CT molecular complexity index is 582. The molecular formula is C15H12Cl2O2. The molecular weight excluding hydrogens is 283 g/mol. The molecule has 2 aromatic carbocycles. The summed E-state index contributed by atoms with van der Waals surface area (Å²) in [6, 6.07) is 13.9. The molecule has 2 nitrogen and oxygen atoms in total. The molecule has 0 aliphatic heterocycles. The maximum absolute atomic E-state index is 12.1. The molecule has 98 valence electrons. The number of ether oxygens (including phenoxy) is 1. The highest BCUT2D eigenvalue weighted by Gasteiger charge is 2.17. The first-order valence-corrected chi connectivity index (χ1v) is 6.54. The molecule has 0 fully saturated rings. The van der Waals surface area contributed by atoms with Gasteiger partial charge in [-0.3, -0.25) is 4.79 Å². The molecule has 0 amide bonds. The van der Waals surface area contributed by atoms with Crippen molar-refractivity contribution in [1.29, 1.82) is 0 Å². The van der Waals surface area contributed by atoms with Crippen molar-refractivity contribution in [3.05, 3.63) is 64.1 Å². The van der Waals surface area contributed by atoms with Gasteiger partial charge in [0, 0.05) is 16.7 Å². The minimum absolute atomic E-state index is 0.100. The SMILES string of the molecule is CC(Oc1cc(Cl)ccc1Cl)C(=O)c1ccccc1.